The van der Waals surface area contributed by atoms with Crippen LogP contribution in [0.2, 0.25) is 0 Å². The highest BCUT2D eigenvalue weighted by atomic mass is 35.5. The molecule has 1 heterocycles. The number of likely N-dealkylation sites (N-methyl/N-ethyl adjacent to an activating group) is 1. The molecule has 2 rings (SSSR count). The van der Waals surface area contributed by atoms with Crippen molar-refractivity contribution in [2.45, 2.75) is 12.6 Å². The van der Waals surface area contributed by atoms with Crippen LogP contribution in [0.4, 0.5) is 0 Å². The van der Waals surface area contributed by atoms with E-state index in [1.807, 2.05) is 18.2 Å². The second-order valence-electron chi connectivity index (χ2n) is 4.37. The zero-order chi connectivity index (χ0) is 12.3. The molecule has 1 N–H and O–H groups in total. The Morgan fingerprint density at radius 1 is 1.50 bits per heavy atom. The van der Waals surface area contributed by atoms with E-state index in [-0.39, 0.29) is 12.4 Å². The number of rotatable bonds is 4. The van der Waals surface area contributed by atoms with E-state index in [1.165, 1.54) is 5.56 Å². The van der Waals surface area contributed by atoms with Gasteiger partial charge in [0, 0.05) is 25.7 Å². The topological polar surface area (TPSA) is 48.3 Å². The number of halogens is 1. The summed E-state index contributed by atoms with van der Waals surface area (Å²) in [7, 11) is 3.72. The summed E-state index contributed by atoms with van der Waals surface area (Å²) >= 11 is 0. The Morgan fingerprint density at radius 3 is 2.72 bits per heavy atom. The predicted molar refractivity (Wildman–Crippen MR) is 73.1 cm³/mol. The number of ether oxygens (including phenoxy) is 1. The van der Waals surface area contributed by atoms with Crippen LogP contribution in [0.15, 0.2) is 18.2 Å². The fraction of sp³-hybridized carbons (Fsp3) is 0.462. The molecule has 0 aliphatic carbocycles. The van der Waals surface area contributed by atoms with Crippen molar-refractivity contribution in [2.24, 2.45) is 0 Å². The summed E-state index contributed by atoms with van der Waals surface area (Å²) in [6, 6.07) is 8.50. The summed E-state index contributed by atoms with van der Waals surface area (Å²) in [5, 5.41) is 12.2. The molecule has 0 radical (unpaired) electrons. The van der Waals surface area contributed by atoms with E-state index in [9.17, 15) is 0 Å². The van der Waals surface area contributed by atoms with E-state index in [1.54, 1.807) is 7.11 Å². The lowest BCUT2D eigenvalue weighted by atomic mass is 10.1. The number of methoxy groups -OCH3 is 1. The molecule has 0 saturated carbocycles. The maximum atomic E-state index is 8.91. The maximum Gasteiger partial charge on any atom is 0.136 e. The zero-order valence-corrected chi connectivity index (χ0v) is 11.5. The number of hydrogen-bond donors (Lipinski definition) is 1. The van der Waals surface area contributed by atoms with Crippen molar-refractivity contribution in [3.05, 3.63) is 29.3 Å². The van der Waals surface area contributed by atoms with Crippen LogP contribution >= 0.6 is 12.4 Å². The van der Waals surface area contributed by atoms with Gasteiger partial charge >= 0.3 is 0 Å². The highest BCUT2D eigenvalue weighted by Gasteiger charge is 2.21. The summed E-state index contributed by atoms with van der Waals surface area (Å²) < 4.78 is 5.21. The van der Waals surface area contributed by atoms with Crippen LogP contribution in [0, 0.1) is 11.3 Å². The number of nitrogens with zero attached hydrogens (tertiary/aromatic N) is 2. The predicted octanol–water partition coefficient (Wildman–Crippen LogP) is 1.39. The molecule has 1 saturated heterocycles. The molecule has 0 aromatic heterocycles. The van der Waals surface area contributed by atoms with Gasteiger partial charge in [-0.3, -0.25) is 4.90 Å². The molecule has 1 aromatic rings. The Balaban J connectivity index is 0.00000162. The summed E-state index contributed by atoms with van der Waals surface area (Å²) in [6.45, 7) is 3.00. The Morgan fingerprint density at radius 2 is 2.22 bits per heavy atom. The number of nitrogens with one attached hydrogen (secondary N) is 1. The van der Waals surface area contributed by atoms with Gasteiger partial charge in [0.2, 0.25) is 0 Å². The van der Waals surface area contributed by atoms with Crippen molar-refractivity contribution in [1.82, 2.24) is 10.2 Å². The third-order valence-corrected chi connectivity index (χ3v) is 3.20. The first-order chi connectivity index (χ1) is 8.24. The Labute approximate surface area is 114 Å². The summed E-state index contributed by atoms with van der Waals surface area (Å²) in [4.78, 5) is 2.32. The molecule has 0 atom stereocenters. The normalized spacial score (nSPS) is 14.6. The van der Waals surface area contributed by atoms with Gasteiger partial charge in [-0.25, -0.2) is 0 Å². The molecular weight excluding hydrogens is 250 g/mol. The van der Waals surface area contributed by atoms with Crippen molar-refractivity contribution in [3.8, 4) is 11.8 Å². The molecule has 0 bridgehead atoms. The van der Waals surface area contributed by atoms with Crippen LogP contribution in [0.3, 0.4) is 0 Å². The van der Waals surface area contributed by atoms with Crippen molar-refractivity contribution in [1.29, 1.82) is 5.26 Å². The van der Waals surface area contributed by atoms with Gasteiger partial charge in [0.15, 0.2) is 0 Å². The van der Waals surface area contributed by atoms with Gasteiger partial charge in [-0.15, -0.1) is 12.4 Å². The van der Waals surface area contributed by atoms with E-state index in [4.69, 9.17) is 10.00 Å². The van der Waals surface area contributed by atoms with Crippen LogP contribution in [0.5, 0.6) is 5.75 Å². The largest absolute Gasteiger partial charge is 0.495 e. The van der Waals surface area contributed by atoms with Crippen LogP contribution < -0.4 is 10.1 Å². The lowest BCUT2D eigenvalue weighted by molar-refractivity contribution is 0.173. The minimum Gasteiger partial charge on any atom is -0.495 e. The first-order valence-electron chi connectivity index (χ1n) is 5.72. The quantitative estimate of drug-likeness (QED) is 0.896. The molecule has 98 valence electrons. The average molecular weight is 268 g/mol. The monoisotopic (exact) mass is 267 g/mol. The molecule has 1 aliphatic heterocycles. The second-order valence-corrected chi connectivity index (χ2v) is 4.37. The number of nitriles is 1. The molecule has 18 heavy (non-hydrogen) atoms. The van der Waals surface area contributed by atoms with E-state index in [2.05, 4.69) is 23.3 Å². The van der Waals surface area contributed by atoms with Crippen molar-refractivity contribution in [2.75, 3.05) is 27.2 Å². The molecule has 0 amide bonds. The number of hydrogen-bond acceptors (Lipinski definition) is 4. The fourth-order valence-corrected chi connectivity index (χ4v) is 1.93. The third-order valence-electron chi connectivity index (χ3n) is 3.20. The van der Waals surface area contributed by atoms with Gasteiger partial charge in [0.25, 0.3) is 0 Å². The third kappa shape index (κ3) is 3.14. The molecule has 0 spiro atoms. The van der Waals surface area contributed by atoms with Crippen LogP contribution in [0.1, 0.15) is 11.1 Å². The highest BCUT2D eigenvalue weighted by Crippen LogP contribution is 2.20. The van der Waals surface area contributed by atoms with E-state index in [0.29, 0.717) is 17.4 Å². The van der Waals surface area contributed by atoms with E-state index >= 15 is 0 Å². The number of benzene rings is 1. The van der Waals surface area contributed by atoms with Crippen molar-refractivity contribution < 1.29 is 4.74 Å². The lowest BCUT2D eigenvalue weighted by Gasteiger charge is -2.35. The first-order valence-corrected chi connectivity index (χ1v) is 5.72. The standard InChI is InChI=1S/C13H17N3O.ClH/c1-16(12-7-15-8-12)9-10-3-4-11(6-14)13(5-10)17-2;/h3-5,12,15H,7-9H2,1-2H3;1H. The van der Waals surface area contributed by atoms with Crippen LogP contribution in [-0.4, -0.2) is 38.2 Å². The highest BCUT2D eigenvalue weighted by molar-refractivity contribution is 5.85. The molecule has 1 fully saturated rings. The van der Waals surface area contributed by atoms with Gasteiger partial charge in [-0.2, -0.15) is 5.26 Å². The van der Waals surface area contributed by atoms with Gasteiger partial charge in [0.1, 0.15) is 11.8 Å². The van der Waals surface area contributed by atoms with Gasteiger partial charge in [0.05, 0.1) is 12.7 Å². The minimum absolute atomic E-state index is 0. The van der Waals surface area contributed by atoms with Crippen molar-refractivity contribution in [3.63, 3.8) is 0 Å². The Bertz CT molecular complexity index is 440. The molecule has 0 unspecified atom stereocenters. The molecular formula is C13H18ClN3O. The zero-order valence-electron chi connectivity index (χ0n) is 10.6. The fourth-order valence-electron chi connectivity index (χ4n) is 1.93. The van der Waals surface area contributed by atoms with Crippen molar-refractivity contribution >= 4 is 12.4 Å². The molecule has 1 aliphatic rings. The van der Waals surface area contributed by atoms with Crippen LogP contribution in [-0.2, 0) is 6.54 Å². The Kier molecular flexibility index (Phi) is 5.42. The first kappa shape index (κ1) is 14.8. The summed E-state index contributed by atoms with van der Waals surface area (Å²) in [5.41, 5.74) is 1.76. The molecule has 1 aromatic carbocycles. The second kappa shape index (κ2) is 6.60. The van der Waals surface area contributed by atoms with E-state index < -0.39 is 0 Å². The summed E-state index contributed by atoms with van der Waals surface area (Å²) in [6.07, 6.45) is 0. The Hall–Kier alpha value is -1.28. The smallest absolute Gasteiger partial charge is 0.136 e. The van der Waals surface area contributed by atoms with Gasteiger partial charge < -0.3 is 10.1 Å². The van der Waals surface area contributed by atoms with Crippen LogP contribution in [0.25, 0.3) is 0 Å². The van der Waals surface area contributed by atoms with E-state index in [0.717, 1.165) is 19.6 Å². The molecule has 4 nitrogen and oxygen atoms in total. The average Bonchev–Trinajstić information content (AvgIpc) is 2.26. The summed E-state index contributed by atoms with van der Waals surface area (Å²) in [5.74, 6) is 0.658. The SMILES string of the molecule is COc1cc(CN(C)C2CNC2)ccc1C#N.Cl. The maximum absolute atomic E-state index is 8.91. The molecule has 5 heteroatoms. The minimum atomic E-state index is 0. The van der Waals surface area contributed by atoms with Gasteiger partial charge in [-0.05, 0) is 24.7 Å². The van der Waals surface area contributed by atoms with Gasteiger partial charge in [-0.1, -0.05) is 6.07 Å². The lowest BCUT2D eigenvalue weighted by Crippen LogP contribution is -2.55.